The van der Waals surface area contributed by atoms with E-state index < -0.39 is 0 Å². The molecule has 0 fully saturated rings. The van der Waals surface area contributed by atoms with Crippen LogP contribution in [-0.2, 0) is 6.42 Å². The molecule has 2 rings (SSSR count). The van der Waals surface area contributed by atoms with Gasteiger partial charge in [0.15, 0.2) is 5.13 Å². The molecule has 0 radical (unpaired) electrons. The Morgan fingerprint density at radius 2 is 2.05 bits per heavy atom. The molecule has 2 aromatic rings. The van der Waals surface area contributed by atoms with Crippen LogP contribution in [0.4, 0.5) is 9.52 Å². The third-order valence-electron chi connectivity index (χ3n) is 2.77. The maximum Gasteiger partial charge on any atom is 0.281 e. The number of nitrogens with zero attached hydrogens (tertiary/aromatic N) is 1. The van der Waals surface area contributed by atoms with Crippen molar-refractivity contribution in [2.24, 2.45) is 0 Å². The number of aryl methyl sites for hydroxylation is 1. The van der Waals surface area contributed by atoms with Crippen LogP contribution in [0.15, 0.2) is 30.8 Å². The molecule has 1 amide bonds. The van der Waals surface area contributed by atoms with E-state index in [-0.39, 0.29) is 11.7 Å². The molecule has 110 valence electrons. The Kier molecular flexibility index (Phi) is 4.54. The first kappa shape index (κ1) is 15.0. The van der Waals surface area contributed by atoms with Crippen LogP contribution in [0.5, 0.6) is 0 Å². The smallest absolute Gasteiger partial charge is 0.281 e. The summed E-state index contributed by atoms with van der Waals surface area (Å²) < 4.78 is 12.8. The molecule has 0 spiro atoms. The second-order valence-corrected chi connectivity index (χ2v) is 5.28. The number of carbonyl (C=O) groups excluding carboxylic acids is 1. The van der Waals surface area contributed by atoms with Gasteiger partial charge in [0.2, 0.25) is 0 Å². The van der Waals surface area contributed by atoms with E-state index in [1.54, 1.807) is 12.1 Å². The summed E-state index contributed by atoms with van der Waals surface area (Å²) >= 11 is 1.13. The number of aromatic nitrogens is 1. The van der Waals surface area contributed by atoms with Crippen molar-refractivity contribution in [2.45, 2.75) is 13.3 Å². The van der Waals surface area contributed by atoms with Gasteiger partial charge in [-0.05, 0) is 36.2 Å². The average Bonchev–Trinajstić information content (AvgIpc) is 2.86. The molecule has 0 aliphatic carbocycles. The summed E-state index contributed by atoms with van der Waals surface area (Å²) in [6, 6.07) is 5.78. The van der Waals surface area contributed by atoms with E-state index in [1.165, 1.54) is 12.1 Å². The first-order valence-corrected chi connectivity index (χ1v) is 7.09. The van der Waals surface area contributed by atoms with E-state index in [9.17, 15) is 9.18 Å². The Morgan fingerprint density at radius 1 is 1.38 bits per heavy atom. The summed E-state index contributed by atoms with van der Waals surface area (Å²) in [6.45, 7) is 5.68. The van der Waals surface area contributed by atoms with Crippen molar-refractivity contribution in [1.82, 2.24) is 15.8 Å². The van der Waals surface area contributed by atoms with Crippen molar-refractivity contribution < 1.29 is 9.18 Å². The molecule has 0 bridgehead atoms. The highest BCUT2D eigenvalue weighted by Crippen LogP contribution is 2.20. The Hall–Kier alpha value is -2.41. The largest absolute Gasteiger partial charge is 0.375 e. The minimum Gasteiger partial charge on any atom is -0.375 e. The normalized spacial score (nSPS) is 10.2. The standard InChI is InChI=1S/C14H15FN4OS/c1-3-11-12(21-14(16)17-11)13(20)19-18-8(2)9-4-6-10(15)7-5-9/h4-7,18H,2-3H2,1H3,(H2,16,17)(H,19,20). The Morgan fingerprint density at radius 3 is 2.67 bits per heavy atom. The lowest BCUT2D eigenvalue weighted by Gasteiger charge is -2.10. The molecule has 1 heterocycles. The number of thiazole rings is 1. The Balaban J connectivity index is 2.00. The minimum absolute atomic E-state index is 0.329. The van der Waals surface area contributed by atoms with Crippen molar-refractivity contribution >= 4 is 28.1 Å². The highest BCUT2D eigenvalue weighted by molar-refractivity contribution is 7.17. The number of carbonyl (C=O) groups is 1. The molecule has 0 atom stereocenters. The van der Waals surface area contributed by atoms with Gasteiger partial charge in [0.1, 0.15) is 10.7 Å². The molecule has 5 nitrogen and oxygen atoms in total. The molecule has 0 aliphatic heterocycles. The van der Waals surface area contributed by atoms with Crippen molar-refractivity contribution in [2.75, 3.05) is 5.73 Å². The van der Waals surface area contributed by atoms with Crippen LogP contribution in [-0.4, -0.2) is 10.9 Å². The topological polar surface area (TPSA) is 80.0 Å². The van der Waals surface area contributed by atoms with Gasteiger partial charge in [-0.25, -0.2) is 9.37 Å². The molecule has 0 aliphatic rings. The SMILES string of the molecule is C=C(NNC(=O)c1sc(N)nc1CC)c1ccc(F)cc1. The zero-order valence-electron chi connectivity index (χ0n) is 11.4. The Bertz CT molecular complexity index is 666. The van der Waals surface area contributed by atoms with E-state index in [2.05, 4.69) is 22.4 Å². The number of halogens is 1. The van der Waals surface area contributed by atoms with Crippen molar-refractivity contribution in [1.29, 1.82) is 0 Å². The lowest BCUT2D eigenvalue weighted by molar-refractivity contribution is 0.0945. The van der Waals surface area contributed by atoms with Crippen LogP contribution in [0.1, 0.15) is 27.9 Å². The molecule has 0 saturated heterocycles. The van der Waals surface area contributed by atoms with Crippen LogP contribution in [0.25, 0.3) is 5.70 Å². The first-order valence-electron chi connectivity index (χ1n) is 6.27. The van der Waals surface area contributed by atoms with Gasteiger partial charge in [0, 0.05) is 0 Å². The van der Waals surface area contributed by atoms with E-state index in [0.29, 0.717) is 33.4 Å². The van der Waals surface area contributed by atoms with Crippen LogP contribution >= 0.6 is 11.3 Å². The molecule has 21 heavy (non-hydrogen) atoms. The zero-order valence-corrected chi connectivity index (χ0v) is 12.3. The van der Waals surface area contributed by atoms with Crippen LogP contribution in [0.3, 0.4) is 0 Å². The van der Waals surface area contributed by atoms with Gasteiger partial charge in [-0.15, -0.1) is 0 Å². The highest BCUT2D eigenvalue weighted by atomic mass is 32.1. The minimum atomic E-state index is -0.330. The number of nitrogens with one attached hydrogen (secondary N) is 2. The van der Waals surface area contributed by atoms with Gasteiger partial charge in [0.25, 0.3) is 5.91 Å². The maximum absolute atomic E-state index is 12.8. The highest BCUT2D eigenvalue weighted by Gasteiger charge is 2.15. The predicted molar refractivity (Wildman–Crippen MR) is 81.9 cm³/mol. The molecule has 1 aromatic carbocycles. The summed E-state index contributed by atoms with van der Waals surface area (Å²) in [6.07, 6.45) is 0.620. The number of nitrogen functional groups attached to an aromatic ring is 1. The van der Waals surface area contributed by atoms with Gasteiger partial charge in [-0.2, -0.15) is 0 Å². The van der Waals surface area contributed by atoms with Crippen molar-refractivity contribution in [3.63, 3.8) is 0 Å². The second kappa shape index (κ2) is 6.36. The number of hydrazine groups is 1. The quantitative estimate of drug-likeness (QED) is 0.741. The van der Waals surface area contributed by atoms with Crippen molar-refractivity contribution in [3.8, 4) is 0 Å². The number of nitrogens with two attached hydrogens (primary N) is 1. The fourth-order valence-corrected chi connectivity index (χ4v) is 2.52. The fourth-order valence-electron chi connectivity index (χ4n) is 1.70. The van der Waals surface area contributed by atoms with Gasteiger partial charge < -0.3 is 5.73 Å². The average molecular weight is 306 g/mol. The van der Waals surface area contributed by atoms with E-state index >= 15 is 0 Å². The van der Waals surface area contributed by atoms with Crippen LogP contribution in [0.2, 0.25) is 0 Å². The zero-order chi connectivity index (χ0) is 15.4. The summed E-state index contributed by atoms with van der Waals surface area (Å²) in [7, 11) is 0. The third-order valence-corrected chi connectivity index (χ3v) is 3.70. The molecule has 0 unspecified atom stereocenters. The van der Waals surface area contributed by atoms with Gasteiger partial charge in [-0.3, -0.25) is 15.6 Å². The van der Waals surface area contributed by atoms with Crippen LogP contribution in [0, 0.1) is 5.82 Å². The van der Waals surface area contributed by atoms with E-state index in [0.717, 1.165) is 11.3 Å². The fraction of sp³-hybridized carbons (Fsp3) is 0.143. The molecular weight excluding hydrogens is 291 g/mol. The van der Waals surface area contributed by atoms with E-state index in [4.69, 9.17) is 5.73 Å². The summed E-state index contributed by atoms with van der Waals surface area (Å²) in [5.74, 6) is -0.660. The molecular formula is C14H15FN4OS. The number of amides is 1. The lowest BCUT2D eigenvalue weighted by Crippen LogP contribution is -2.35. The monoisotopic (exact) mass is 306 g/mol. The van der Waals surface area contributed by atoms with Gasteiger partial charge in [-0.1, -0.05) is 24.8 Å². The third kappa shape index (κ3) is 3.57. The number of hydrogen-bond acceptors (Lipinski definition) is 5. The number of hydrogen-bond donors (Lipinski definition) is 3. The van der Waals surface area contributed by atoms with Gasteiger partial charge >= 0.3 is 0 Å². The first-order chi connectivity index (χ1) is 10.0. The molecule has 1 aromatic heterocycles. The molecule has 4 N–H and O–H groups in total. The number of anilines is 1. The summed E-state index contributed by atoms with van der Waals surface area (Å²) in [4.78, 5) is 16.6. The Labute approximate surface area is 125 Å². The molecule has 0 saturated carbocycles. The maximum atomic E-state index is 12.8. The van der Waals surface area contributed by atoms with E-state index in [1.807, 2.05) is 6.92 Å². The second-order valence-electron chi connectivity index (χ2n) is 4.25. The van der Waals surface area contributed by atoms with Crippen molar-refractivity contribution in [3.05, 3.63) is 52.8 Å². The number of rotatable bonds is 5. The summed E-state index contributed by atoms with van der Waals surface area (Å²) in [5.41, 5.74) is 12.6. The summed E-state index contributed by atoms with van der Waals surface area (Å²) in [5, 5.41) is 0.356. The predicted octanol–water partition coefficient (Wildman–Crippen LogP) is 2.33. The van der Waals surface area contributed by atoms with Gasteiger partial charge in [0.05, 0.1) is 11.4 Å². The van der Waals surface area contributed by atoms with Crippen LogP contribution < -0.4 is 16.6 Å². The lowest BCUT2D eigenvalue weighted by atomic mass is 10.2. The molecule has 7 heteroatoms. The number of benzene rings is 1.